The molecule has 0 radical (unpaired) electrons. The van der Waals surface area contributed by atoms with Crippen LogP contribution in [0.4, 0.5) is 5.00 Å². The molecule has 2 aliphatic rings. The molecular weight excluding hydrogens is 448 g/mol. The van der Waals surface area contributed by atoms with Crippen molar-refractivity contribution >= 4 is 44.2 Å². The molecule has 1 unspecified atom stereocenters. The SMILES string of the molecule is CC(=O)NC1CCN(c2sc(-c3ccc4c(c3)ncn4C3CCCCC3)c3nc[nH]c(=O)c23)C1. The van der Waals surface area contributed by atoms with Crippen LogP contribution in [0.3, 0.4) is 0 Å². The van der Waals surface area contributed by atoms with Gasteiger partial charge in [0.2, 0.25) is 5.91 Å². The molecule has 3 aromatic heterocycles. The quantitative estimate of drug-likeness (QED) is 0.460. The summed E-state index contributed by atoms with van der Waals surface area (Å²) in [6, 6.07) is 7.04. The fourth-order valence-electron chi connectivity index (χ4n) is 5.56. The fourth-order valence-corrected chi connectivity index (χ4v) is 6.83. The second-order valence-electron chi connectivity index (χ2n) is 9.47. The lowest BCUT2D eigenvalue weighted by Crippen LogP contribution is -2.35. The Labute approximate surface area is 201 Å². The summed E-state index contributed by atoms with van der Waals surface area (Å²) in [5.74, 6) is -0.0240. The minimum Gasteiger partial charge on any atom is -0.361 e. The average Bonchev–Trinajstić information content (AvgIpc) is 3.56. The van der Waals surface area contributed by atoms with Crippen LogP contribution >= 0.6 is 11.3 Å². The first-order chi connectivity index (χ1) is 16.6. The molecule has 6 rings (SSSR count). The number of amides is 1. The first kappa shape index (κ1) is 21.3. The molecule has 2 N–H and O–H groups in total. The smallest absolute Gasteiger partial charge is 0.261 e. The molecule has 9 heteroatoms. The Morgan fingerprint density at radius 3 is 2.85 bits per heavy atom. The Balaban J connectivity index is 1.40. The van der Waals surface area contributed by atoms with Crippen molar-refractivity contribution in [2.75, 3.05) is 18.0 Å². The Bertz CT molecular complexity index is 1430. The third-order valence-electron chi connectivity index (χ3n) is 7.17. The summed E-state index contributed by atoms with van der Waals surface area (Å²) in [7, 11) is 0. The summed E-state index contributed by atoms with van der Waals surface area (Å²) >= 11 is 1.60. The number of nitrogens with zero attached hydrogens (tertiary/aromatic N) is 4. The summed E-state index contributed by atoms with van der Waals surface area (Å²) in [6.07, 6.45) is 10.6. The summed E-state index contributed by atoms with van der Waals surface area (Å²) in [5, 5.41) is 4.54. The summed E-state index contributed by atoms with van der Waals surface area (Å²) < 4.78 is 2.34. The van der Waals surface area contributed by atoms with E-state index < -0.39 is 0 Å². The van der Waals surface area contributed by atoms with Gasteiger partial charge in [-0.3, -0.25) is 9.59 Å². The van der Waals surface area contributed by atoms with Gasteiger partial charge in [-0.1, -0.05) is 25.3 Å². The van der Waals surface area contributed by atoms with Gasteiger partial charge in [0.05, 0.1) is 34.1 Å². The monoisotopic (exact) mass is 476 g/mol. The maximum Gasteiger partial charge on any atom is 0.261 e. The van der Waals surface area contributed by atoms with E-state index in [1.807, 2.05) is 6.33 Å². The van der Waals surface area contributed by atoms with Crippen LogP contribution in [0.25, 0.3) is 32.4 Å². The number of fused-ring (bicyclic) bond motifs is 2. The molecule has 2 fully saturated rings. The molecule has 1 saturated carbocycles. The van der Waals surface area contributed by atoms with Gasteiger partial charge in [0.1, 0.15) is 10.4 Å². The summed E-state index contributed by atoms with van der Waals surface area (Å²) in [5.41, 5.74) is 3.76. The second kappa shape index (κ2) is 8.54. The topological polar surface area (TPSA) is 95.9 Å². The standard InChI is InChI=1S/C25H28N6O2S/c1-15(32)29-17-9-10-30(12-17)25-21-22(26-13-27-24(21)33)23(34-25)16-7-8-20-19(11-16)28-14-31(20)18-5-3-2-4-6-18/h7-8,11,13-14,17-18H,2-6,9-10,12H2,1H3,(H,29,32)(H,26,27,33). The zero-order valence-electron chi connectivity index (χ0n) is 19.2. The minimum absolute atomic E-state index is 0.0240. The normalized spacial score (nSPS) is 19.3. The first-order valence-electron chi connectivity index (χ1n) is 12.1. The van der Waals surface area contributed by atoms with E-state index in [0.29, 0.717) is 18.0 Å². The number of thiophene rings is 1. The van der Waals surface area contributed by atoms with Crippen LogP contribution in [0.1, 0.15) is 51.5 Å². The molecule has 0 bridgehead atoms. The Morgan fingerprint density at radius 1 is 1.18 bits per heavy atom. The van der Waals surface area contributed by atoms with Crippen molar-refractivity contribution in [3.8, 4) is 10.4 Å². The van der Waals surface area contributed by atoms with Gasteiger partial charge in [-0.15, -0.1) is 11.3 Å². The van der Waals surface area contributed by atoms with Crippen molar-refractivity contribution in [1.29, 1.82) is 0 Å². The van der Waals surface area contributed by atoms with E-state index in [1.54, 1.807) is 18.3 Å². The fraction of sp³-hybridized carbons (Fsp3) is 0.440. The van der Waals surface area contributed by atoms with Gasteiger partial charge in [-0.2, -0.15) is 0 Å². The molecule has 0 spiro atoms. The van der Waals surface area contributed by atoms with Crippen LogP contribution in [0.5, 0.6) is 0 Å². The number of benzene rings is 1. The predicted molar refractivity (Wildman–Crippen MR) is 136 cm³/mol. The zero-order valence-corrected chi connectivity index (χ0v) is 20.0. The van der Waals surface area contributed by atoms with E-state index in [0.717, 1.165) is 39.4 Å². The van der Waals surface area contributed by atoms with Gasteiger partial charge in [0, 0.05) is 32.1 Å². The van der Waals surface area contributed by atoms with Crippen molar-refractivity contribution in [3.63, 3.8) is 0 Å². The van der Waals surface area contributed by atoms with Crippen LogP contribution < -0.4 is 15.8 Å². The van der Waals surface area contributed by atoms with Crippen molar-refractivity contribution < 1.29 is 4.79 Å². The van der Waals surface area contributed by atoms with E-state index in [1.165, 1.54) is 43.9 Å². The van der Waals surface area contributed by atoms with Gasteiger partial charge in [0.25, 0.3) is 5.56 Å². The molecule has 34 heavy (non-hydrogen) atoms. The molecule has 1 aliphatic carbocycles. The van der Waals surface area contributed by atoms with Crippen LogP contribution in [0.2, 0.25) is 0 Å². The molecule has 8 nitrogen and oxygen atoms in total. The van der Waals surface area contributed by atoms with Crippen LogP contribution in [-0.4, -0.2) is 44.6 Å². The molecule has 1 aromatic carbocycles. The summed E-state index contributed by atoms with van der Waals surface area (Å²) in [6.45, 7) is 3.02. The van der Waals surface area contributed by atoms with Gasteiger partial charge < -0.3 is 19.8 Å². The van der Waals surface area contributed by atoms with Gasteiger partial charge in [-0.25, -0.2) is 9.97 Å². The lowest BCUT2D eigenvalue weighted by Gasteiger charge is -2.23. The molecule has 1 atom stereocenters. The van der Waals surface area contributed by atoms with Gasteiger partial charge >= 0.3 is 0 Å². The van der Waals surface area contributed by atoms with Crippen molar-refractivity contribution in [3.05, 3.63) is 41.2 Å². The highest BCUT2D eigenvalue weighted by Gasteiger charge is 2.28. The molecule has 1 saturated heterocycles. The highest BCUT2D eigenvalue weighted by atomic mass is 32.1. The molecule has 1 amide bonds. The number of aromatic nitrogens is 4. The van der Waals surface area contributed by atoms with E-state index in [4.69, 9.17) is 4.98 Å². The second-order valence-corrected chi connectivity index (χ2v) is 10.5. The molecular formula is C25H28N6O2S. The molecule has 4 heterocycles. The minimum atomic E-state index is -0.131. The highest BCUT2D eigenvalue weighted by Crippen LogP contribution is 2.43. The van der Waals surface area contributed by atoms with Crippen LogP contribution in [0, 0.1) is 0 Å². The van der Waals surface area contributed by atoms with E-state index >= 15 is 0 Å². The van der Waals surface area contributed by atoms with Crippen molar-refractivity contribution in [2.24, 2.45) is 0 Å². The Kier molecular flexibility index (Phi) is 5.36. The average molecular weight is 477 g/mol. The van der Waals surface area contributed by atoms with Gasteiger partial charge in [0.15, 0.2) is 0 Å². The maximum absolute atomic E-state index is 12.8. The number of hydrogen-bond acceptors (Lipinski definition) is 6. The Hall–Kier alpha value is -3.20. The number of hydrogen-bond donors (Lipinski definition) is 2. The number of H-pyrrole nitrogens is 1. The number of rotatable bonds is 4. The largest absolute Gasteiger partial charge is 0.361 e. The van der Waals surface area contributed by atoms with E-state index in [-0.39, 0.29) is 17.5 Å². The number of nitrogens with one attached hydrogen (secondary N) is 2. The number of carbonyl (C=O) groups excluding carboxylic acids is 1. The molecule has 176 valence electrons. The van der Waals surface area contributed by atoms with Crippen molar-refractivity contribution in [1.82, 2.24) is 24.8 Å². The Morgan fingerprint density at radius 2 is 2.03 bits per heavy atom. The zero-order chi connectivity index (χ0) is 23.2. The number of aromatic amines is 1. The predicted octanol–water partition coefficient (Wildman–Crippen LogP) is 4.22. The first-order valence-corrected chi connectivity index (χ1v) is 12.9. The third kappa shape index (κ3) is 3.68. The number of imidazole rings is 1. The lowest BCUT2D eigenvalue weighted by molar-refractivity contribution is -0.119. The number of carbonyl (C=O) groups is 1. The third-order valence-corrected chi connectivity index (χ3v) is 8.46. The molecule has 1 aliphatic heterocycles. The molecule has 4 aromatic rings. The van der Waals surface area contributed by atoms with Crippen LogP contribution in [-0.2, 0) is 4.79 Å². The van der Waals surface area contributed by atoms with E-state index in [2.05, 4.69) is 43.0 Å². The lowest BCUT2D eigenvalue weighted by atomic mass is 9.95. The highest BCUT2D eigenvalue weighted by molar-refractivity contribution is 7.21. The van der Waals surface area contributed by atoms with Gasteiger partial charge in [-0.05, 0) is 37.0 Å². The van der Waals surface area contributed by atoms with Crippen molar-refractivity contribution in [2.45, 2.75) is 57.5 Å². The van der Waals surface area contributed by atoms with Crippen LogP contribution in [0.15, 0.2) is 35.6 Å². The maximum atomic E-state index is 12.8. The van der Waals surface area contributed by atoms with E-state index in [9.17, 15) is 9.59 Å². The number of anilines is 1. The summed E-state index contributed by atoms with van der Waals surface area (Å²) in [4.78, 5) is 39.6.